The molecule has 0 heterocycles. The first-order chi connectivity index (χ1) is 8.97. The molecule has 0 fully saturated rings. The van der Waals surface area contributed by atoms with Crippen molar-refractivity contribution in [2.45, 2.75) is 13.3 Å². The van der Waals surface area contributed by atoms with Crippen molar-refractivity contribution < 1.29 is 19.4 Å². The Kier molecular flexibility index (Phi) is 5.48. The summed E-state index contributed by atoms with van der Waals surface area (Å²) in [6, 6.07) is 5.58. The Labute approximate surface area is 113 Å². The van der Waals surface area contributed by atoms with Gasteiger partial charge in [-0.05, 0) is 18.1 Å². The molecule has 1 aromatic carbocycles. The molecule has 0 aliphatic heterocycles. The van der Waals surface area contributed by atoms with Gasteiger partial charge in [0.05, 0.1) is 19.9 Å². The van der Waals surface area contributed by atoms with Crippen molar-refractivity contribution in [3.63, 3.8) is 0 Å². The largest absolute Gasteiger partial charge is 0.497 e. The fraction of sp³-hybridized carbons (Fsp3) is 0.500. The van der Waals surface area contributed by atoms with Gasteiger partial charge in [0.15, 0.2) is 0 Å². The van der Waals surface area contributed by atoms with Gasteiger partial charge in [0.2, 0.25) is 0 Å². The van der Waals surface area contributed by atoms with Crippen LogP contribution in [-0.2, 0) is 4.79 Å². The summed E-state index contributed by atoms with van der Waals surface area (Å²) in [5, 5.41) is 8.78. The number of methoxy groups -OCH3 is 2. The van der Waals surface area contributed by atoms with E-state index in [0.717, 1.165) is 11.4 Å². The summed E-state index contributed by atoms with van der Waals surface area (Å²) in [7, 11) is 5.13. The third-order valence-corrected chi connectivity index (χ3v) is 2.91. The molecule has 1 rings (SSSR count). The van der Waals surface area contributed by atoms with Gasteiger partial charge in [-0.15, -0.1) is 0 Å². The van der Waals surface area contributed by atoms with Crippen molar-refractivity contribution >= 4 is 11.7 Å². The van der Waals surface area contributed by atoms with E-state index in [1.165, 1.54) is 0 Å². The highest BCUT2D eigenvalue weighted by molar-refractivity contribution is 5.67. The molecule has 0 radical (unpaired) electrons. The van der Waals surface area contributed by atoms with Crippen LogP contribution in [0.25, 0.3) is 0 Å². The van der Waals surface area contributed by atoms with E-state index in [0.29, 0.717) is 12.3 Å². The summed E-state index contributed by atoms with van der Waals surface area (Å²) < 4.78 is 10.5. The zero-order valence-corrected chi connectivity index (χ0v) is 11.8. The summed E-state index contributed by atoms with van der Waals surface area (Å²) in [5.41, 5.74) is 0.917. The Balaban J connectivity index is 2.81. The van der Waals surface area contributed by atoms with E-state index in [2.05, 4.69) is 0 Å². The van der Waals surface area contributed by atoms with Crippen LogP contribution in [0.15, 0.2) is 18.2 Å². The Bertz CT molecular complexity index is 433. The summed E-state index contributed by atoms with van der Waals surface area (Å²) >= 11 is 0. The first kappa shape index (κ1) is 15.1. The molecule has 5 nitrogen and oxygen atoms in total. The van der Waals surface area contributed by atoms with Crippen LogP contribution < -0.4 is 14.4 Å². The maximum atomic E-state index is 10.7. The average Bonchev–Trinajstić information content (AvgIpc) is 2.36. The second-order valence-corrected chi connectivity index (χ2v) is 4.62. The maximum Gasteiger partial charge on any atom is 0.303 e. The maximum absolute atomic E-state index is 10.7. The number of ether oxygens (including phenoxy) is 2. The zero-order valence-electron chi connectivity index (χ0n) is 11.8. The molecule has 0 aliphatic carbocycles. The van der Waals surface area contributed by atoms with Crippen LogP contribution in [0.5, 0.6) is 11.5 Å². The van der Waals surface area contributed by atoms with E-state index in [4.69, 9.17) is 14.6 Å². The van der Waals surface area contributed by atoms with Crippen molar-refractivity contribution in [1.82, 2.24) is 0 Å². The molecule has 0 bridgehead atoms. The molecule has 0 spiro atoms. The summed E-state index contributed by atoms with van der Waals surface area (Å²) in [4.78, 5) is 12.7. The molecular formula is C14H21NO4. The molecular weight excluding hydrogens is 246 g/mol. The lowest BCUT2D eigenvalue weighted by Crippen LogP contribution is -2.25. The quantitative estimate of drug-likeness (QED) is 0.821. The molecule has 1 atom stereocenters. The van der Waals surface area contributed by atoms with E-state index in [1.54, 1.807) is 14.2 Å². The second-order valence-electron chi connectivity index (χ2n) is 4.62. The molecule has 1 aromatic rings. The molecule has 106 valence electrons. The Hall–Kier alpha value is -1.91. The lowest BCUT2D eigenvalue weighted by Gasteiger charge is -2.24. The van der Waals surface area contributed by atoms with Gasteiger partial charge < -0.3 is 19.5 Å². The van der Waals surface area contributed by atoms with Crippen LogP contribution in [0, 0.1) is 5.92 Å². The number of hydrogen-bond donors (Lipinski definition) is 1. The number of carbonyl (C=O) groups is 1. The van der Waals surface area contributed by atoms with Crippen LogP contribution in [0.1, 0.15) is 13.3 Å². The van der Waals surface area contributed by atoms with Gasteiger partial charge in [-0.1, -0.05) is 6.92 Å². The number of carboxylic acids is 1. The van der Waals surface area contributed by atoms with Crippen molar-refractivity contribution in [3.05, 3.63) is 18.2 Å². The van der Waals surface area contributed by atoms with E-state index < -0.39 is 5.97 Å². The summed E-state index contributed by atoms with van der Waals surface area (Å²) in [5.74, 6) is 0.730. The number of rotatable bonds is 7. The Morgan fingerprint density at radius 2 is 2.05 bits per heavy atom. The fourth-order valence-corrected chi connectivity index (χ4v) is 2.03. The molecule has 0 amide bonds. The summed E-state index contributed by atoms with van der Waals surface area (Å²) in [6.45, 7) is 2.57. The molecule has 0 saturated carbocycles. The SMILES string of the molecule is COc1ccc(N(C)CC(C)CC(=O)O)c(OC)c1. The Morgan fingerprint density at radius 3 is 2.58 bits per heavy atom. The number of nitrogens with zero attached hydrogens (tertiary/aromatic N) is 1. The van der Waals surface area contributed by atoms with Gasteiger partial charge >= 0.3 is 5.97 Å². The van der Waals surface area contributed by atoms with E-state index in [1.807, 2.05) is 37.1 Å². The van der Waals surface area contributed by atoms with Gasteiger partial charge in [0.25, 0.3) is 0 Å². The van der Waals surface area contributed by atoms with Gasteiger partial charge in [0, 0.05) is 26.1 Å². The minimum Gasteiger partial charge on any atom is -0.497 e. The highest BCUT2D eigenvalue weighted by Crippen LogP contribution is 2.31. The van der Waals surface area contributed by atoms with Crippen LogP contribution >= 0.6 is 0 Å². The van der Waals surface area contributed by atoms with Gasteiger partial charge in [-0.2, -0.15) is 0 Å². The third-order valence-electron chi connectivity index (χ3n) is 2.91. The lowest BCUT2D eigenvalue weighted by molar-refractivity contribution is -0.137. The Morgan fingerprint density at radius 1 is 1.37 bits per heavy atom. The van der Waals surface area contributed by atoms with Crippen molar-refractivity contribution in [3.8, 4) is 11.5 Å². The van der Waals surface area contributed by atoms with Crippen molar-refractivity contribution in [2.75, 3.05) is 32.7 Å². The first-order valence-corrected chi connectivity index (χ1v) is 6.12. The number of benzene rings is 1. The van der Waals surface area contributed by atoms with Crippen molar-refractivity contribution in [2.24, 2.45) is 5.92 Å². The molecule has 1 unspecified atom stereocenters. The fourth-order valence-electron chi connectivity index (χ4n) is 2.03. The monoisotopic (exact) mass is 267 g/mol. The lowest BCUT2D eigenvalue weighted by atomic mass is 10.1. The molecule has 5 heteroatoms. The van der Waals surface area contributed by atoms with Crippen LogP contribution in [0.2, 0.25) is 0 Å². The smallest absolute Gasteiger partial charge is 0.303 e. The average molecular weight is 267 g/mol. The summed E-state index contributed by atoms with van der Waals surface area (Å²) in [6.07, 6.45) is 0.156. The van der Waals surface area contributed by atoms with Gasteiger partial charge in [-0.25, -0.2) is 0 Å². The molecule has 19 heavy (non-hydrogen) atoms. The highest BCUT2D eigenvalue weighted by atomic mass is 16.5. The zero-order chi connectivity index (χ0) is 14.4. The number of aliphatic carboxylic acids is 1. The minimum atomic E-state index is -0.775. The predicted molar refractivity (Wildman–Crippen MR) is 74.2 cm³/mol. The molecule has 0 aliphatic rings. The van der Waals surface area contributed by atoms with Crippen molar-refractivity contribution in [1.29, 1.82) is 0 Å². The molecule has 0 saturated heterocycles. The number of carboxylic acid groups (broad SMARTS) is 1. The highest BCUT2D eigenvalue weighted by Gasteiger charge is 2.14. The molecule has 1 N–H and O–H groups in total. The second kappa shape index (κ2) is 6.87. The third kappa shape index (κ3) is 4.35. The van der Waals surface area contributed by atoms with Crippen LogP contribution in [-0.4, -0.2) is 38.9 Å². The predicted octanol–water partition coefficient (Wildman–Crippen LogP) is 2.25. The van der Waals surface area contributed by atoms with Gasteiger partial charge in [-0.3, -0.25) is 4.79 Å². The van der Waals surface area contributed by atoms with E-state index >= 15 is 0 Å². The van der Waals surface area contributed by atoms with E-state index in [-0.39, 0.29) is 12.3 Å². The van der Waals surface area contributed by atoms with Crippen LogP contribution in [0.3, 0.4) is 0 Å². The topological polar surface area (TPSA) is 59.0 Å². The first-order valence-electron chi connectivity index (χ1n) is 6.12. The van der Waals surface area contributed by atoms with Crippen LogP contribution in [0.4, 0.5) is 5.69 Å². The number of hydrogen-bond acceptors (Lipinski definition) is 4. The normalized spacial score (nSPS) is 11.8. The minimum absolute atomic E-state index is 0.0642. The number of anilines is 1. The van der Waals surface area contributed by atoms with E-state index in [9.17, 15) is 4.79 Å². The molecule has 0 aromatic heterocycles. The van der Waals surface area contributed by atoms with Gasteiger partial charge in [0.1, 0.15) is 11.5 Å². The standard InChI is InChI=1S/C14H21NO4/c1-10(7-14(16)17)9-15(2)12-6-5-11(18-3)8-13(12)19-4/h5-6,8,10H,7,9H2,1-4H3,(H,16,17).